The average Bonchev–Trinajstić information content (AvgIpc) is 2.76. The van der Waals surface area contributed by atoms with Crippen molar-refractivity contribution in [2.24, 2.45) is 0 Å². The van der Waals surface area contributed by atoms with Crippen molar-refractivity contribution in [2.45, 2.75) is 49.1 Å². The monoisotopic (exact) mass is 448 g/mol. The van der Waals surface area contributed by atoms with E-state index in [1.165, 1.54) is 0 Å². The number of aliphatic hydroxyl groups is 4. The third-order valence-electron chi connectivity index (χ3n) is 5.03. The maximum absolute atomic E-state index is 12.4. The van der Waals surface area contributed by atoms with E-state index >= 15 is 0 Å². The molecule has 5 unspecified atom stereocenters. The van der Waals surface area contributed by atoms with Gasteiger partial charge in [0.15, 0.2) is 11.9 Å². The molecular formula is C22H24O10. The van der Waals surface area contributed by atoms with E-state index in [9.17, 15) is 34.8 Å². The molecule has 1 aliphatic heterocycles. The van der Waals surface area contributed by atoms with E-state index in [2.05, 4.69) is 0 Å². The number of carbonyl (C=O) groups is 3. The highest BCUT2D eigenvalue weighted by Crippen LogP contribution is 2.27. The summed E-state index contributed by atoms with van der Waals surface area (Å²) in [5.41, 5.74) is -1.13. The second-order valence-electron chi connectivity index (χ2n) is 7.55. The second-order valence-corrected chi connectivity index (χ2v) is 7.55. The van der Waals surface area contributed by atoms with Crippen molar-refractivity contribution in [1.29, 1.82) is 0 Å². The minimum absolute atomic E-state index is 0.145. The van der Waals surface area contributed by atoms with E-state index in [0.717, 1.165) is 24.3 Å². The molecule has 0 aromatic heterocycles. The van der Waals surface area contributed by atoms with Gasteiger partial charge in [-0.15, -0.1) is 0 Å². The molecule has 4 N–H and O–H groups in total. The van der Waals surface area contributed by atoms with Crippen LogP contribution in [-0.2, 0) is 35.0 Å². The van der Waals surface area contributed by atoms with E-state index in [0.29, 0.717) is 5.56 Å². The molecule has 3 rings (SSSR count). The third-order valence-corrected chi connectivity index (χ3v) is 5.03. The van der Waals surface area contributed by atoms with Gasteiger partial charge in [-0.3, -0.25) is 14.4 Å². The molecule has 1 aromatic carbocycles. The summed E-state index contributed by atoms with van der Waals surface area (Å²) in [6.07, 6.45) is -4.15. The van der Waals surface area contributed by atoms with Crippen LogP contribution in [0.25, 0.3) is 0 Å². The Morgan fingerprint density at radius 1 is 1.00 bits per heavy atom. The molecule has 1 aromatic rings. The molecule has 32 heavy (non-hydrogen) atoms. The Balaban J connectivity index is 1.70. The first-order valence-corrected chi connectivity index (χ1v) is 9.91. The number of allylic oxidation sites excluding steroid dienone is 2. The van der Waals surface area contributed by atoms with Crippen LogP contribution >= 0.6 is 0 Å². The molecule has 0 bridgehead atoms. The van der Waals surface area contributed by atoms with Gasteiger partial charge in [-0.05, 0) is 29.9 Å². The average molecular weight is 448 g/mol. The molecule has 10 nitrogen and oxygen atoms in total. The summed E-state index contributed by atoms with van der Waals surface area (Å²) >= 11 is 0. The lowest BCUT2D eigenvalue weighted by Crippen LogP contribution is -2.61. The van der Waals surface area contributed by atoms with Crippen LogP contribution in [0.1, 0.15) is 12.0 Å². The maximum Gasteiger partial charge on any atom is 0.311 e. The van der Waals surface area contributed by atoms with Crippen LogP contribution in [0.5, 0.6) is 0 Å². The highest BCUT2D eigenvalue weighted by atomic mass is 16.7. The topological polar surface area (TPSA) is 160 Å². The second kappa shape index (κ2) is 10.2. The number of carbonyl (C=O) groups excluding carboxylic acids is 3. The standard InChI is InChI=1S/C22H24O10/c23-12-15-18(27)19(28)20(31-16(25)10-13-4-2-1-3-5-13)21(30-15)32-17(26)11-22(29)8-6-14(24)7-9-22/h1-9,15,18-21,23,27-29H,10-12H2. The van der Waals surface area contributed by atoms with Crippen molar-refractivity contribution in [3.63, 3.8) is 0 Å². The molecule has 1 aliphatic carbocycles. The summed E-state index contributed by atoms with van der Waals surface area (Å²) < 4.78 is 15.8. The van der Waals surface area contributed by atoms with Crippen molar-refractivity contribution in [2.75, 3.05) is 6.61 Å². The van der Waals surface area contributed by atoms with Gasteiger partial charge in [0.25, 0.3) is 0 Å². The summed E-state index contributed by atoms with van der Waals surface area (Å²) in [4.78, 5) is 36.0. The van der Waals surface area contributed by atoms with Gasteiger partial charge in [0.05, 0.1) is 19.4 Å². The molecular weight excluding hydrogens is 424 g/mol. The largest absolute Gasteiger partial charge is 0.452 e. The van der Waals surface area contributed by atoms with Gasteiger partial charge in [0, 0.05) is 0 Å². The van der Waals surface area contributed by atoms with Crippen molar-refractivity contribution < 1.29 is 49.0 Å². The van der Waals surface area contributed by atoms with Gasteiger partial charge in [-0.1, -0.05) is 30.3 Å². The minimum atomic E-state index is -1.77. The highest BCUT2D eigenvalue weighted by Gasteiger charge is 2.48. The summed E-state index contributed by atoms with van der Waals surface area (Å²) in [7, 11) is 0. The highest BCUT2D eigenvalue weighted by molar-refractivity contribution is 6.00. The maximum atomic E-state index is 12.4. The molecule has 1 fully saturated rings. The van der Waals surface area contributed by atoms with Gasteiger partial charge in [-0.25, -0.2) is 0 Å². The lowest BCUT2D eigenvalue weighted by atomic mass is 9.94. The van der Waals surface area contributed by atoms with Gasteiger partial charge in [-0.2, -0.15) is 0 Å². The number of rotatable bonds is 7. The predicted octanol–water partition coefficient (Wildman–Crippen LogP) is -1.06. The molecule has 172 valence electrons. The van der Waals surface area contributed by atoms with Crippen molar-refractivity contribution in [1.82, 2.24) is 0 Å². The predicted molar refractivity (Wildman–Crippen MR) is 107 cm³/mol. The Labute approximate surface area is 183 Å². The Kier molecular flexibility index (Phi) is 7.54. The number of esters is 2. The van der Waals surface area contributed by atoms with Crippen molar-refractivity contribution >= 4 is 17.7 Å². The molecule has 0 radical (unpaired) electrons. The lowest BCUT2D eigenvalue weighted by molar-refractivity contribution is -0.296. The molecule has 1 saturated heterocycles. The van der Waals surface area contributed by atoms with E-state index in [-0.39, 0.29) is 12.2 Å². The molecule has 0 amide bonds. The molecule has 5 atom stereocenters. The SMILES string of the molecule is O=C1C=CC(O)(CC(=O)OC2OC(CO)C(O)C(O)C2OC(=O)Cc2ccccc2)C=C1. The Morgan fingerprint density at radius 2 is 1.66 bits per heavy atom. The van der Waals surface area contributed by atoms with E-state index in [1.807, 2.05) is 0 Å². The molecule has 1 heterocycles. The fourth-order valence-corrected chi connectivity index (χ4v) is 3.32. The zero-order chi connectivity index (χ0) is 23.3. The van der Waals surface area contributed by atoms with Crippen LogP contribution in [0.3, 0.4) is 0 Å². The fraction of sp³-hybridized carbons (Fsp3) is 0.409. The number of hydrogen-bond acceptors (Lipinski definition) is 10. The Morgan fingerprint density at radius 3 is 2.28 bits per heavy atom. The van der Waals surface area contributed by atoms with E-state index in [4.69, 9.17) is 14.2 Å². The first-order valence-electron chi connectivity index (χ1n) is 9.91. The lowest BCUT2D eigenvalue weighted by Gasteiger charge is -2.41. The minimum Gasteiger partial charge on any atom is -0.452 e. The quantitative estimate of drug-likeness (QED) is 0.379. The number of benzene rings is 1. The zero-order valence-corrected chi connectivity index (χ0v) is 16.9. The Bertz CT molecular complexity index is 877. The number of ether oxygens (including phenoxy) is 3. The first kappa shape index (κ1) is 23.8. The summed E-state index contributed by atoms with van der Waals surface area (Å²) in [6, 6.07) is 8.62. The molecule has 0 saturated carbocycles. The Hall–Kier alpha value is -2.89. The molecule has 0 spiro atoms. The summed E-state index contributed by atoms with van der Waals surface area (Å²) in [5, 5.41) is 40.3. The first-order chi connectivity index (χ1) is 15.2. The van der Waals surface area contributed by atoms with Crippen molar-refractivity contribution in [3.8, 4) is 0 Å². The number of ketones is 1. The van der Waals surface area contributed by atoms with Gasteiger partial charge in [0.1, 0.15) is 23.9 Å². The van der Waals surface area contributed by atoms with Crippen LogP contribution in [-0.4, -0.2) is 81.1 Å². The van der Waals surface area contributed by atoms with Crippen LogP contribution < -0.4 is 0 Å². The number of aliphatic hydroxyl groups excluding tert-OH is 3. The van der Waals surface area contributed by atoms with E-state index < -0.39 is 61.3 Å². The van der Waals surface area contributed by atoms with Crippen LogP contribution in [0.4, 0.5) is 0 Å². The fourth-order valence-electron chi connectivity index (χ4n) is 3.32. The third kappa shape index (κ3) is 5.87. The van der Waals surface area contributed by atoms with Gasteiger partial charge < -0.3 is 34.6 Å². The smallest absolute Gasteiger partial charge is 0.311 e. The van der Waals surface area contributed by atoms with Crippen molar-refractivity contribution in [3.05, 3.63) is 60.2 Å². The molecule has 2 aliphatic rings. The van der Waals surface area contributed by atoms with Crippen LogP contribution in [0.15, 0.2) is 54.6 Å². The van der Waals surface area contributed by atoms with Gasteiger partial charge in [0.2, 0.25) is 6.29 Å². The molecule has 10 heteroatoms. The normalized spacial score (nSPS) is 28.9. The zero-order valence-electron chi connectivity index (χ0n) is 16.9. The summed E-state index contributed by atoms with van der Waals surface area (Å²) in [6.45, 7) is -0.700. The van der Waals surface area contributed by atoms with Gasteiger partial charge >= 0.3 is 11.9 Å². The number of hydrogen-bond donors (Lipinski definition) is 4. The van der Waals surface area contributed by atoms with Crippen LogP contribution in [0, 0.1) is 0 Å². The summed E-state index contributed by atoms with van der Waals surface area (Å²) in [5.74, 6) is -2.12. The van der Waals surface area contributed by atoms with Crippen LogP contribution in [0.2, 0.25) is 0 Å². The van der Waals surface area contributed by atoms with E-state index in [1.54, 1.807) is 30.3 Å².